The summed E-state index contributed by atoms with van der Waals surface area (Å²) >= 11 is 0. The maximum atomic E-state index is 12.1. The van der Waals surface area contributed by atoms with Gasteiger partial charge >= 0.3 is 6.01 Å². The highest BCUT2D eigenvalue weighted by molar-refractivity contribution is 5.90. The van der Waals surface area contributed by atoms with Crippen LogP contribution in [0.3, 0.4) is 0 Å². The second-order valence-corrected chi connectivity index (χ2v) is 5.53. The van der Waals surface area contributed by atoms with Gasteiger partial charge in [0, 0.05) is 13.0 Å². The van der Waals surface area contributed by atoms with Crippen LogP contribution in [0.15, 0.2) is 10.5 Å². The van der Waals surface area contributed by atoms with E-state index < -0.39 is 0 Å². The molecule has 21 heavy (non-hydrogen) atoms. The fraction of sp³-hybridized carbons (Fsp3) is 0.571. The first-order chi connectivity index (χ1) is 10.1. The van der Waals surface area contributed by atoms with Crippen molar-refractivity contribution in [3.63, 3.8) is 0 Å². The third-order valence-corrected chi connectivity index (χ3v) is 3.85. The van der Waals surface area contributed by atoms with E-state index in [1.165, 1.54) is 6.42 Å². The predicted octanol–water partition coefficient (Wildman–Crippen LogP) is 2.30. The highest BCUT2D eigenvalue weighted by atomic mass is 16.4. The lowest BCUT2D eigenvalue weighted by Gasteiger charge is -2.19. The molecule has 2 heterocycles. The SMILES string of the molecule is Cc1cc(-c2nnc(NC(=O)C3CCCCC3)o2)n(C)n1. The number of anilines is 1. The molecule has 1 fully saturated rings. The molecule has 0 aliphatic heterocycles. The zero-order valence-electron chi connectivity index (χ0n) is 12.3. The third-order valence-electron chi connectivity index (χ3n) is 3.85. The summed E-state index contributed by atoms with van der Waals surface area (Å²) in [7, 11) is 1.81. The second-order valence-electron chi connectivity index (χ2n) is 5.53. The van der Waals surface area contributed by atoms with E-state index in [9.17, 15) is 4.79 Å². The van der Waals surface area contributed by atoms with E-state index in [-0.39, 0.29) is 17.8 Å². The topological polar surface area (TPSA) is 85.8 Å². The number of amides is 1. The van der Waals surface area contributed by atoms with Crippen molar-refractivity contribution in [3.05, 3.63) is 11.8 Å². The van der Waals surface area contributed by atoms with Crippen LogP contribution in [0.5, 0.6) is 0 Å². The summed E-state index contributed by atoms with van der Waals surface area (Å²) in [6.07, 6.45) is 5.32. The van der Waals surface area contributed by atoms with Gasteiger partial charge in [-0.3, -0.25) is 14.8 Å². The molecule has 1 aliphatic carbocycles. The molecule has 0 atom stereocenters. The van der Waals surface area contributed by atoms with Gasteiger partial charge in [-0.1, -0.05) is 24.4 Å². The number of rotatable bonds is 3. The molecule has 2 aromatic rings. The van der Waals surface area contributed by atoms with Crippen LogP contribution in [-0.2, 0) is 11.8 Å². The zero-order chi connectivity index (χ0) is 14.8. The van der Waals surface area contributed by atoms with Crippen LogP contribution in [0.1, 0.15) is 37.8 Å². The summed E-state index contributed by atoms with van der Waals surface area (Å²) < 4.78 is 7.19. The van der Waals surface area contributed by atoms with Crippen LogP contribution < -0.4 is 5.32 Å². The molecule has 1 amide bonds. The number of aryl methyl sites for hydroxylation is 2. The lowest BCUT2D eigenvalue weighted by atomic mass is 9.89. The van der Waals surface area contributed by atoms with Gasteiger partial charge < -0.3 is 4.42 Å². The summed E-state index contributed by atoms with van der Waals surface area (Å²) in [5.41, 5.74) is 1.61. The Bertz CT molecular complexity index is 640. The van der Waals surface area contributed by atoms with Gasteiger partial charge in [0.1, 0.15) is 5.69 Å². The molecule has 1 N–H and O–H groups in total. The minimum absolute atomic E-state index is 0.0221. The predicted molar refractivity (Wildman–Crippen MR) is 76.4 cm³/mol. The molecule has 3 rings (SSSR count). The molecular formula is C14H19N5O2. The lowest BCUT2D eigenvalue weighted by Crippen LogP contribution is -2.24. The van der Waals surface area contributed by atoms with Crippen LogP contribution in [0.25, 0.3) is 11.6 Å². The van der Waals surface area contributed by atoms with Crippen molar-refractivity contribution >= 4 is 11.9 Å². The van der Waals surface area contributed by atoms with Gasteiger partial charge in [0.25, 0.3) is 5.89 Å². The molecule has 1 aliphatic rings. The quantitative estimate of drug-likeness (QED) is 0.937. The lowest BCUT2D eigenvalue weighted by molar-refractivity contribution is -0.120. The molecule has 0 saturated heterocycles. The van der Waals surface area contributed by atoms with E-state index in [0.717, 1.165) is 37.1 Å². The summed E-state index contributed by atoms with van der Waals surface area (Å²) in [5.74, 6) is 0.399. The van der Waals surface area contributed by atoms with Gasteiger partial charge in [-0.05, 0) is 25.8 Å². The van der Waals surface area contributed by atoms with Crippen LogP contribution in [0.4, 0.5) is 6.01 Å². The Morgan fingerprint density at radius 2 is 2.10 bits per heavy atom. The fourth-order valence-corrected chi connectivity index (χ4v) is 2.76. The van der Waals surface area contributed by atoms with Crippen molar-refractivity contribution in [2.75, 3.05) is 5.32 Å². The Labute approximate surface area is 122 Å². The zero-order valence-corrected chi connectivity index (χ0v) is 12.3. The molecule has 7 heteroatoms. The number of hydrogen-bond donors (Lipinski definition) is 1. The average molecular weight is 289 g/mol. The van der Waals surface area contributed by atoms with Gasteiger partial charge in [-0.25, -0.2) is 0 Å². The van der Waals surface area contributed by atoms with E-state index in [1.807, 2.05) is 20.0 Å². The van der Waals surface area contributed by atoms with E-state index in [2.05, 4.69) is 20.6 Å². The Balaban J connectivity index is 1.70. The van der Waals surface area contributed by atoms with Gasteiger partial charge in [0.2, 0.25) is 5.91 Å². The number of carbonyl (C=O) groups is 1. The fourth-order valence-electron chi connectivity index (χ4n) is 2.76. The van der Waals surface area contributed by atoms with Gasteiger partial charge in [0.15, 0.2) is 0 Å². The van der Waals surface area contributed by atoms with Crippen LogP contribution in [-0.4, -0.2) is 25.9 Å². The van der Waals surface area contributed by atoms with E-state index >= 15 is 0 Å². The monoisotopic (exact) mass is 289 g/mol. The summed E-state index contributed by atoms with van der Waals surface area (Å²) in [6.45, 7) is 1.89. The highest BCUT2D eigenvalue weighted by Crippen LogP contribution is 2.25. The van der Waals surface area contributed by atoms with Crippen molar-refractivity contribution in [1.82, 2.24) is 20.0 Å². The van der Waals surface area contributed by atoms with Gasteiger partial charge in [0.05, 0.1) is 5.69 Å². The van der Waals surface area contributed by atoms with Crippen molar-refractivity contribution in [1.29, 1.82) is 0 Å². The first kappa shape index (κ1) is 13.8. The maximum Gasteiger partial charge on any atom is 0.322 e. The highest BCUT2D eigenvalue weighted by Gasteiger charge is 2.23. The number of nitrogens with zero attached hydrogens (tertiary/aromatic N) is 4. The largest absolute Gasteiger partial charge is 0.401 e. The molecule has 0 aromatic carbocycles. The van der Waals surface area contributed by atoms with Crippen LogP contribution >= 0.6 is 0 Å². The molecule has 0 unspecified atom stereocenters. The van der Waals surface area contributed by atoms with E-state index in [4.69, 9.17) is 4.42 Å². The smallest absolute Gasteiger partial charge is 0.322 e. The van der Waals surface area contributed by atoms with Crippen molar-refractivity contribution in [3.8, 4) is 11.6 Å². The van der Waals surface area contributed by atoms with Gasteiger partial charge in [-0.15, -0.1) is 5.10 Å². The average Bonchev–Trinajstić information content (AvgIpc) is 3.06. The first-order valence-corrected chi connectivity index (χ1v) is 7.29. The van der Waals surface area contributed by atoms with E-state index in [0.29, 0.717) is 5.89 Å². The Morgan fingerprint density at radius 3 is 2.76 bits per heavy atom. The number of aromatic nitrogens is 4. The minimum Gasteiger partial charge on any atom is -0.401 e. The molecular weight excluding hydrogens is 270 g/mol. The number of nitrogens with one attached hydrogen (secondary N) is 1. The molecule has 1 saturated carbocycles. The second kappa shape index (κ2) is 5.67. The standard InChI is InChI=1S/C14H19N5O2/c1-9-8-11(19(2)18-9)13-16-17-14(21-13)15-12(20)10-6-4-3-5-7-10/h8,10H,3-7H2,1-2H3,(H,15,17,20). The van der Waals surface area contributed by atoms with Crippen molar-refractivity contribution < 1.29 is 9.21 Å². The maximum absolute atomic E-state index is 12.1. The minimum atomic E-state index is -0.0221. The Hall–Kier alpha value is -2.18. The van der Waals surface area contributed by atoms with Crippen LogP contribution in [0, 0.1) is 12.8 Å². The summed E-state index contributed by atoms with van der Waals surface area (Å²) in [4.78, 5) is 12.1. The summed E-state index contributed by atoms with van der Waals surface area (Å²) in [5, 5.41) is 14.8. The Morgan fingerprint density at radius 1 is 1.33 bits per heavy atom. The third kappa shape index (κ3) is 2.96. The van der Waals surface area contributed by atoms with Crippen molar-refractivity contribution in [2.45, 2.75) is 39.0 Å². The molecule has 0 radical (unpaired) electrons. The first-order valence-electron chi connectivity index (χ1n) is 7.29. The number of carbonyl (C=O) groups excluding carboxylic acids is 1. The van der Waals surface area contributed by atoms with E-state index in [1.54, 1.807) is 4.68 Å². The molecule has 0 bridgehead atoms. The Kier molecular flexibility index (Phi) is 3.72. The molecule has 112 valence electrons. The number of hydrogen-bond acceptors (Lipinski definition) is 5. The molecule has 2 aromatic heterocycles. The normalized spacial score (nSPS) is 16.1. The summed E-state index contributed by atoms with van der Waals surface area (Å²) in [6, 6.07) is 2.01. The molecule has 7 nitrogen and oxygen atoms in total. The molecule has 0 spiro atoms. The van der Waals surface area contributed by atoms with Gasteiger partial charge in [-0.2, -0.15) is 5.10 Å². The van der Waals surface area contributed by atoms with Crippen molar-refractivity contribution in [2.24, 2.45) is 13.0 Å². The van der Waals surface area contributed by atoms with Crippen LogP contribution in [0.2, 0.25) is 0 Å².